The molecule has 1 fully saturated rings. The highest BCUT2D eigenvalue weighted by Gasteiger charge is 2.32. The third kappa shape index (κ3) is 3.65. The van der Waals surface area contributed by atoms with Crippen LogP contribution >= 0.6 is 0 Å². The van der Waals surface area contributed by atoms with Crippen LogP contribution in [0.2, 0.25) is 0 Å². The van der Waals surface area contributed by atoms with E-state index in [0.717, 1.165) is 37.8 Å². The lowest BCUT2D eigenvalue weighted by Crippen LogP contribution is -2.14. The van der Waals surface area contributed by atoms with Gasteiger partial charge in [-0.25, -0.2) is 4.79 Å². The normalized spacial score (nSPS) is 16.4. The lowest BCUT2D eigenvalue weighted by molar-refractivity contribution is -0.137. The maximum absolute atomic E-state index is 12.6. The Hall–Kier alpha value is -1.72. The number of alkyl halides is 3. The molecule has 0 bridgehead atoms. The molecular weight excluding hydrogens is 271 g/mol. The summed E-state index contributed by atoms with van der Waals surface area (Å²) in [7, 11) is 0. The van der Waals surface area contributed by atoms with E-state index in [-0.39, 0.29) is 17.9 Å². The number of halogens is 3. The van der Waals surface area contributed by atoms with E-state index in [1.54, 1.807) is 0 Å². The Balaban J connectivity index is 2.07. The molecule has 0 amide bonds. The van der Waals surface area contributed by atoms with Crippen molar-refractivity contribution in [1.82, 2.24) is 0 Å². The van der Waals surface area contributed by atoms with Gasteiger partial charge >= 0.3 is 12.1 Å². The summed E-state index contributed by atoms with van der Waals surface area (Å²) in [5.74, 6) is -0.434. The minimum Gasteiger partial charge on any atom is -0.462 e. The molecule has 0 heterocycles. The van der Waals surface area contributed by atoms with Crippen LogP contribution in [0.25, 0.3) is 0 Å². The van der Waals surface area contributed by atoms with Crippen molar-refractivity contribution in [2.24, 2.45) is 5.92 Å². The average molecular weight is 287 g/mol. The fourth-order valence-electron chi connectivity index (χ4n) is 2.39. The van der Waals surface area contributed by atoms with Gasteiger partial charge in [0.2, 0.25) is 0 Å². The van der Waals surface area contributed by atoms with Crippen LogP contribution in [0.1, 0.15) is 41.6 Å². The first-order chi connectivity index (χ1) is 9.36. The van der Waals surface area contributed by atoms with Crippen LogP contribution in [0.15, 0.2) is 18.2 Å². The van der Waals surface area contributed by atoms with E-state index in [0.29, 0.717) is 5.92 Å². The fraction of sp³-hybridized carbons (Fsp3) is 0.500. The summed E-state index contributed by atoms with van der Waals surface area (Å²) >= 11 is 0. The zero-order chi connectivity index (χ0) is 14.8. The predicted octanol–water partition coefficient (Wildman–Crippen LogP) is 3.63. The molecule has 1 aliphatic carbocycles. The Bertz CT molecular complexity index is 494. The highest BCUT2D eigenvalue weighted by molar-refractivity contribution is 5.90. The van der Waals surface area contributed by atoms with Gasteiger partial charge in [-0.1, -0.05) is 12.8 Å². The number of esters is 1. The van der Waals surface area contributed by atoms with Crippen molar-refractivity contribution in [1.29, 1.82) is 0 Å². The number of benzene rings is 1. The van der Waals surface area contributed by atoms with Crippen LogP contribution in [0.4, 0.5) is 18.9 Å². The minimum absolute atomic E-state index is 0.104. The van der Waals surface area contributed by atoms with Gasteiger partial charge in [0.05, 0.1) is 17.7 Å². The summed E-state index contributed by atoms with van der Waals surface area (Å²) in [6, 6.07) is 2.77. The Morgan fingerprint density at radius 3 is 2.50 bits per heavy atom. The Labute approximate surface area is 114 Å². The zero-order valence-electron chi connectivity index (χ0n) is 10.9. The molecular formula is C14H16F3NO2. The second-order valence-corrected chi connectivity index (χ2v) is 5.09. The lowest BCUT2D eigenvalue weighted by atomic mass is 10.1. The van der Waals surface area contributed by atoms with Gasteiger partial charge in [-0.15, -0.1) is 0 Å². The first-order valence-corrected chi connectivity index (χ1v) is 6.51. The van der Waals surface area contributed by atoms with Crippen molar-refractivity contribution >= 4 is 11.7 Å². The van der Waals surface area contributed by atoms with Crippen molar-refractivity contribution in [3.8, 4) is 0 Å². The Morgan fingerprint density at radius 1 is 1.25 bits per heavy atom. The molecule has 2 N–H and O–H groups in total. The largest absolute Gasteiger partial charge is 0.462 e. The van der Waals surface area contributed by atoms with E-state index in [2.05, 4.69) is 0 Å². The third-order valence-corrected chi connectivity index (χ3v) is 3.44. The van der Waals surface area contributed by atoms with Crippen LogP contribution in [-0.2, 0) is 10.9 Å². The smallest absolute Gasteiger partial charge is 0.416 e. The molecule has 0 atom stereocenters. The molecule has 20 heavy (non-hydrogen) atoms. The fourth-order valence-corrected chi connectivity index (χ4v) is 2.39. The standard InChI is InChI=1S/C14H16F3NO2/c15-14(16,17)11-5-10(6-12(18)7-11)13(19)20-8-9-3-1-2-4-9/h5-7,9H,1-4,8,18H2. The Kier molecular flexibility index (Phi) is 4.20. The molecule has 0 radical (unpaired) electrons. The second-order valence-electron chi connectivity index (χ2n) is 5.09. The van der Waals surface area contributed by atoms with Crippen LogP contribution in [-0.4, -0.2) is 12.6 Å². The van der Waals surface area contributed by atoms with Gasteiger partial charge in [-0.05, 0) is 37.0 Å². The number of rotatable bonds is 3. The van der Waals surface area contributed by atoms with Gasteiger partial charge in [0, 0.05) is 5.69 Å². The van der Waals surface area contributed by atoms with Gasteiger partial charge in [0.15, 0.2) is 0 Å². The molecule has 0 saturated heterocycles. The molecule has 1 aromatic carbocycles. The van der Waals surface area contributed by atoms with Gasteiger partial charge in [-0.3, -0.25) is 0 Å². The number of carbonyl (C=O) groups is 1. The van der Waals surface area contributed by atoms with E-state index in [1.165, 1.54) is 6.07 Å². The topological polar surface area (TPSA) is 52.3 Å². The maximum Gasteiger partial charge on any atom is 0.416 e. The van der Waals surface area contributed by atoms with Crippen molar-refractivity contribution < 1.29 is 22.7 Å². The lowest BCUT2D eigenvalue weighted by Gasteiger charge is -2.12. The van der Waals surface area contributed by atoms with Gasteiger partial charge < -0.3 is 10.5 Å². The van der Waals surface area contributed by atoms with Crippen LogP contribution in [0.3, 0.4) is 0 Å². The quantitative estimate of drug-likeness (QED) is 0.682. The van der Waals surface area contributed by atoms with Crippen LogP contribution in [0, 0.1) is 5.92 Å². The number of carbonyl (C=O) groups excluding carboxylic acids is 1. The van der Waals surface area contributed by atoms with Crippen LogP contribution in [0.5, 0.6) is 0 Å². The number of anilines is 1. The molecule has 0 unspecified atom stereocenters. The summed E-state index contributed by atoms with van der Waals surface area (Å²) < 4.78 is 43.0. The van der Waals surface area contributed by atoms with E-state index in [4.69, 9.17) is 10.5 Å². The van der Waals surface area contributed by atoms with E-state index < -0.39 is 17.7 Å². The molecule has 0 spiro atoms. The predicted molar refractivity (Wildman–Crippen MR) is 68.1 cm³/mol. The molecule has 2 rings (SSSR count). The Morgan fingerprint density at radius 2 is 1.90 bits per heavy atom. The molecule has 6 heteroatoms. The first kappa shape index (κ1) is 14.7. The maximum atomic E-state index is 12.6. The SMILES string of the molecule is Nc1cc(C(=O)OCC2CCCC2)cc(C(F)(F)F)c1. The van der Waals surface area contributed by atoms with Crippen molar-refractivity contribution in [3.05, 3.63) is 29.3 Å². The molecule has 1 aliphatic rings. The monoisotopic (exact) mass is 287 g/mol. The minimum atomic E-state index is -4.53. The van der Waals surface area contributed by atoms with Crippen molar-refractivity contribution in [2.75, 3.05) is 12.3 Å². The molecule has 1 saturated carbocycles. The molecule has 3 nitrogen and oxygen atoms in total. The van der Waals surface area contributed by atoms with Crippen molar-refractivity contribution in [2.45, 2.75) is 31.9 Å². The summed E-state index contributed by atoms with van der Waals surface area (Å²) in [6.07, 6.45) is -0.316. The number of hydrogen-bond donors (Lipinski definition) is 1. The summed E-state index contributed by atoms with van der Waals surface area (Å²) in [5, 5.41) is 0. The highest BCUT2D eigenvalue weighted by atomic mass is 19.4. The molecule has 0 aliphatic heterocycles. The van der Waals surface area contributed by atoms with E-state index >= 15 is 0 Å². The molecule has 0 aromatic heterocycles. The highest BCUT2D eigenvalue weighted by Crippen LogP contribution is 2.31. The first-order valence-electron chi connectivity index (χ1n) is 6.51. The zero-order valence-corrected chi connectivity index (χ0v) is 10.9. The molecule has 1 aromatic rings. The number of ether oxygens (including phenoxy) is 1. The van der Waals surface area contributed by atoms with Gasteiger partial charge in [0.25, 0.3) is 0 Å². The van der Waals surface area contributed by atoms with Gasteiger partial charge in [-0.2, -0.15) is 13.2 Å². The summed E-state index contributed by atoms with van der Waals surface area (Å²) in [4.78, 5) is 11.8. The number of nitrogens with two attached hydrogens (primary N) is 1. The number of nitrogen functional groups attached to an aromatic ring is 1. The molecule has 110 valence electrons. The average Bonchev–Trinajstić information content (AvgIpc) is 2.87. The summed E-state index contributed by atoms with van der Waals surface area (Å²) in [6.45, 7) is 0.259. The number of hydrogen-bond acceptors (Lipinski definition) is 3. The van der Waals surface area contributed by atoms with E-state index in [1.807, 2.05) is 0 Å². The second kappa shape index (κ2) is 5.73. The summed E-state index contributed by atoms with van der Waals surface area (Å²) in [5.41, 5.74) is 4.20. The third-order valence-electron chi connectivity index (χ3n) is 3.44. The van der Waals surface area contributed by atoms with Crippen LogP contribution < -0.4 is 5.73 Å². The van der Waals surface area contributed by atoms with E-state index in [9.17, 15) is 18.0 Å². The van der Waals surface area contributed by atoms with Crippen molar-refractivity contribution in [3.63, 3.8) is 0 Å². The van der Waals surface area contributed by atoms with Gasteiger partial charge in [0.1, 0.15) is 0 Å².